The predicted octanol–water partition coefficient (Wildman–Crippen LogP) is 2.76. The molecule has 0 aliphatic carbocycles. The van der Waals surface area contributed by atoms with Gasteiger partial charge in [-0.3, -0.25) is 19.8 Å². The minimum Gasteiger partial charge on any atom is -0.366 e. The number of hydrogen-bond acceptors (Lipinski definition) is 5. The maximum Gasteiger partial charge on any atom is 0.293 e. The van der Waals surface area contributed by atoms with Crippen molar-refractivity contribution in [2.24, 2.45) is 0 Å². The van der Waals surface area contributed by atoms with Crippen LogP contribution in [0.3, 0.4) is 0 Å². The lowest BCUT2D eigenvalue weighted by Crippen LogP contribution is -2.50. The van der Waals surface area contributed by atoms with Crippen molar-refractivity contribution in [3.8, 4) is 0 Å². The maximum absolute atomic E-state index is 12.4. The van der Waals surface area contributed by atoms with Crippen molar-refractivity contribution in [2.45, 2.75) is 32.7 Å². The van der Waals surface area contributed by atoms with Crippen molar-refractivity contribution in [1.82, 2.24) is 9.80 Å². The van der Waals surface area contributed by atoms with Crippen LogP contribution in [0, 0.1) is 10.1 Å². The van der Waals surface area contributed by atoms with Gasteiger partial charge in [0.25, 0.3) is 5.69 Å². The number of rotatable bonds is 5. The summed E-state index contributed by atoms with van der Waals surface area (Å²) in [5.74, 6) is -0.0373. The number of amides is 1. The zero-order valence-corrected chi connectivity index (χ0v) is 16.1. The highest BCUT2D eigenvalue weighted by Crippen LogP contribution is 2.32. The number of nitro groups is 1. The Morgan fingerprint density at radius 2 is 1.78 bits per heavy atom. The Bertz CT molecular complexity index is 718. The first kappa shape index (κ1) is 19.4. The van der Waals surface area contributed by atoms with Crippen molar-refractivity contribution in [3.63, 3.8) is 0 Å². The van der Waals surface area contributed by atoms with Crippen LogP contribution < -0.4 is 4.90 Å². The molecular formula is C20H28N4O3. The third-order valence-electron chi connectivity index (χ3n) is 5.42. The van der Waals surface area contributed by atoms with E-state index in [1.807, 2.05) is 11.0 Å². The SMILES string of the molecule is CC(C)N1CCN(C(=O)/C=C/c2ccc(N3CCCC3)c([N+](=O)[O-])c2)CC1. The molecule has 0 atom stereocenters. The van der Waals surface area contributed by atoms with Crippen LogP contribution in [-0.2, 0) is 4.79 Å². The van der Waals surface area contributed by atoms with Crippen LogP contribution in [-0.4, -0.2) is 65.9 Å². The van der Waals surface area contributed by atoms with Gasteiger partial charge in [0.15, 0.2) is 0 Å². The molecular weight excluding hydrogens is 344 g/mol. The van der Waals surface area contributed by atoms with Crippen LogP contribution in [0.4, 0.5) is 11.4 Å². The van der Waals surface area contributed by atoms with E-state index >= 15 is 0 Å². The Labute approximate surface area is 160 Å². The number of carbonyl (C=O) groups is 1. The average molecular weight is 372 g/mol. The zero-order chi connectivity index (χ0) is 19.4. The third-order valence-corrected chi connectivity index (χ3v) is 5.42. The molecule has 0 bridgehead atoms. The van der Waals surface area contributed by atoms with Gasteiger partial charge in [-0.1, -0.05) is 6.07 Å². The van der Waals surface area contributed by atoms with Gasteiger partial charge >= 0.3 is 0 Å². The fourth-order valence-electron chi connectivity index (χ4n) is 3.75. The molecule has 1 aromatic rings. The van der Waals surface area contributed by atoms with Gasteiger partial charge in [-0.05, 0) is 44.4 Å². The number of carbonyl (C=O) groups excluding carboxylic acids is 1. The molecule has 7 heteroatoms. The molecule has 7 nitrogen and oxygen atoms in total. The molecule has 2 heterocycles. The van der Waals surface area contributed by atoms with Crippen LogP contribution in [0.2, 0.25) is 0 Å². The molecule has 2 aliphatic heterocycles. The molecule has 0 spiro atoms. The number of nitrogens with zero attached hydrogens (tertiary/aromatic N) is 4. The van der Waals surface area contributed by atoms with E-state index in [4.69, 9.17) is 0 Å². The maximum atomic E-state index is 12.4. The number of hydrogen-bond donors (Lipinski definition) is 0. The highest BCUT2D eigenvalue weighted by atomic mass is 16.6. The molecule has 2 saturated heterocycles. The van der Waals surface area contributed by atoms with Crippen molar-refractivity contribution >= 4 is 23.4 Å². The second-order valence-electron chi connectivity index (χ2n) is 7.49. The number of benzene rings is 1. The van der Waals surface area contributed by atoms with Gasteiger partial charge in [0, 0.05) is 57.5 Å². The van der Waals surface area contributed by atoms with Crippen LogP contribution in [0.15, 0.2) is 24.3 Å². The fourth-order valence-corrected chi connectivity index (χ4v) is 3.75. The summed E-state index contributed by atoms with van der Waals surface area (Å²) in [6, 6.07) is 5.71. The van der Waals surface area contributed by atoms with Crippen molar-refractivity contribution in [1.29, 1.82) is 0 Å². The molecule has 0 aromatic heterocycles. The number of nitro benzene ring substituents is 1. The Kier molecular flexibility index (Phi) is 6.11. The minimum absolute atomic E-state index is 0.0373. The standard InChI is InChI=1S/C20H28N4O3/c1-16(2)21-11-13-23(14-12-21)20(25)8-6-17-5-7-18(19(15-17)24(26)27)22-9-3-4-10-22/h5-8,15-16H,3-4,9-14H2,1-2H3/b8-6+. The quantitative estimate of drug-likeness (QED) is 0.452. The molecule has 2 fully saturated rings. The third kappa shape index (κ3) is 4.66. The molecule has 2 aliphatic rings. The summed E-state index contributed by atoms with van der Waals surface area (Å²) in [5.41, 5.74) is 1.46. The van der Waals surface area contributed by atoms with E-state index in [0.29, 0.717) is 17.3 Å². The van der Waals surface area contributed by atoms with Gasteiger partial charge in [0.1, 0.15) is 5.69 Å². The molecule has 146 valence electrons. The van der Waals surface area contributed by atoms with E-state index < -0.39 is 0 Å². The lowest BCUT2D eigenvalue weighted by molar-refractivity contribution is -0.384. The molecule has 0 saturated carbocycles. The summed E-state index contributed by atoms with van der Waals surface area (Å²) in [5, 5.41) is 11.5. The van der Waals surface area contributed by atoms with Crippen LogP contribution >= 0.6 is 0 Å². The fraction of sp³-hybridized carbons (Fsp3) is 0.550. The lowest BCUT2D eigenvalue weighted by Gasteiger charge is -2.36. The Hall–Kier alpha value is -2.41. The second-order valence-corrected chi connectivity index (χ2v) is 7.49. The van der Waals surface area contributed by atoms with E-state index in [-0.39, 0.29) is 16.5 Å². The van der Waals surface area contributed by atoms with Gasteiger partial charge in [0.05, 0.1) is 4.92 Å². The molecule has 0 radical (unpaired) electrons. The number of anilines is 1. The van der Waals surface area contributed by atoms with Gasteiger partial charge < -0.3 is 9.80 Å². The van der Waals surface area contributed by atoms with Crippen molar-refractivity contribution in [2.75, 3.05) is 44.2 Å². The second kappa shape index (κ2) is 8.52. The summed E-state index contributed by atoms with van der Waals surface area (Å²) in [6.45, 7) is 9.24. The first-order chi connectivity index (χ1) is 13.0. The summed E-state index contributed by atoms with van der Waals surface area (Å²) in [7, 11) is 0. The van der Waals surface area contributed by atoms with E-state index in [0.717, 1.165) is 52.1 Å². The average Bonchev–Trinajstić information content (AvgIpc) is 3.20. The molecule has 3 rings (SSSR count). The van der Waals surface area contributed by atoms with Gasteiger partial charge in [-0.25, -0.2) is 0 Å². The summed E-state index contributed by atoms with van der Waals surface area (Å²) in [4.78, 5) is 29.8. The zero-order valence-electron chi connectivity index (χ0n) is 16.1. The first-order valence-electron chi connectivity index (χ1n) is 9.70. The number of piperazine rings is 1. The van der Waals surface area contributed by atoms with Gasteiger partial charge in [0.2, 0.25) is 5.91 Å². The van der Waals surface area contributed by atoms with E-state index in [1.165, 1.54) is 6.08 Å². The molecule has 0 unspecified atom stereocenters. The largest absolute Gasteiger partial charge is 0.366 e. The summed E-state index contributed by atoms with van der Waals surface area (Å²) >= 11 is 0. The lowest BCUT2D eigenvalue weighted by atomic mass is 10.1. The molecule has 1 aromatic carbocycles. The van der Waals surface area contributed by atoms with Gasteiger partial charge in [-0.2, -0.15) is 0 Å². The molecule has 27 heavy (non-hydrogen) atoms. The van der Waals surface area contributed by atoms with Crippen LogP contribution in [0.5, 0.6) is 0 Å². The highest BCUT2D eigenvalue weighted by molar-refractivity contribution is 5.92. The smallest absolute Gasteiger partial charge is 0.293 e. The van der Waals surface area contributed by atoms with E-state index in [1.54, 1.807) is 18.2 Å². The Balaban J connectivity index is 1.67. The van der Waals surface area contributed by atoms with Gasteiger partial charge in [-0.15, -0.1) is 0 Å². The summed E-state index contributed by atoms with van der Waals surface area (Å²) in [6.07, 6.45) is 5.34. The van der Waals surface area contributed by atoms with Crippen LogP contribution in [0.1, 0.15) is 32.3 Å². The molecule has 0 N–H and O–H groups in total. The predicted molar refractivity (Wildman–Crippen MR) is 107 cm³/mol. The monoisotopic (exact) mass is 372 g/mol. The normalized spacial score (nSPS) is 18.6. The van der Waals surface area contributed by atoms with E-state index in [2.05, 4.69) is 23.6 Å². The Morgan fingerprint density at radius 1 is 1.11 bits per heavy atom. The highest BCUT2D eigenvalue weighted by Gasteiger charge is 2.23. The molecule has 1 amide bonds. The topological polar surface area (TPSA) is 69.9 Å². The van der Waals surface area contributed by atoms with Crippen molar-refractivity contribution < 1.29 is 9.72 Å². The summed E-state index contributed by atoms with van der Waals surface area (Å²) < 4.78 is 0. The Morgan fingerprint density at radius 3 is 2.37 bits per heavy atom. The first-order valence-corrected chi connectivity index (χ1v) is 9.70. The minimum atomic E-state index is -0.335. The van der Waals surface area contributed by atoms with Crippen LogP contribution in [0.25, 0.3) is 6.08 Å². The van der Waals surface area contributed by atoms with Crippen molar-refractivity contribution in [3.05, 3.63) is 40.0 Å². The van der Waals surface area contributed by atoms with E-state index in [9.17, 15) is 14.9 Å².